The molecule has 1 rings (SSSR count). The number of carboxylic acid groups (broad SMARTS) is 1. The van der Waals surface area contributed by atoms with E-state index in [1.165, 1.54) is 6.07 Å². The lowest BCUT2D eigenvalue weighted by molar-refractivity contribution is 0.0697. The number of aromatic carboxylic acids is 1. The summed E-state index contributed by atoms with van der Waals surface area (Å²) >= 11 is 6.01. The Kier molecular flexibility index (Phi) is 8.12. The molecule has 6 heteroatoms. The van der Waals surface area contributed by atoms with E-state index in [-0.39, 0.29) is 5.56 Å². The van der Waals surface area contributed by atoms with Gasteiger partial charge in [-0.05, 0) is 32.0 Å². The minimum Gasteiger partial charge on any atom is -0.478 e. The molecule has 0 aliphatic heterocycles. The molecule has 5 nitrogen and oxygen atoms in total. The number of benzene rings is 1. The van der Waals surface area contributed by atoms with Crippen LogP contribution in [0.3, 0.4) is 0 Å². The van der Waals surface area contributed by atoms with Crippen molar-refractivity contribution in [1.82, 2.24) is 0 Å². The van der Waals surface area contributed by atoms with Gasteiger partial charge in [0.15, 0.2) is 0 Å². The molecule has 0 saturated carbocycles. The van der Waals surface area contributed by atoms with Crippen molar-refractivity contribution in [3.8, 4) is 0 Å². The largest absolute Gasteiger partial charge is 0.478 e. The zero-order valence-corrected chi connectivity index (χ0v) is 13.2. The maximum atomic E-state index is 11.4. The van der Waals surface area contributed by atoms with Crippen LogP contribution in [0.5, 0.6) is 0 Å². The third-order valence-electron chi connectivity index (χ3n) is 2.95. The smallest absolute Gasteiger partial charge is 0.337 e. The van der Waals surface area contributed by atoms with Crippen molar-refractivity contribution in [3.05, 3.63) is 28.8 Å². The van der Waals surface area contributed by atoms with Gasteiger partial charge in [-0.3, -0.25) is 0 Å². The number of nitrogens with zero attached hydrogens (tertiary/aromatic N) is 1. The molecular weight excluding hydrogens is 294 g/mol. The molecule has 0 unspecified atom stereocenters. The number of ether oxygens (including phenoxy) is 2. The number of anilines is 1. The number of halogens is 1. The molecule has 0 saturated heterocycles. The number of hydrogen-bond acceptors (Lipinski definition) is 4. The minimum absolute atomic E-state index is 0.229. The Bertz CT molecular complexity index is 443. The first kappa shape index (κ1) is 17.8. The quantitative estimate of drug-likeness (QED) is 0.673. The topological polar surface area (TPSA) is 59.0 Å². The van der Waals surface area contributed by atoms with Crippen molar-refractivity contribution in [1.29, 1.82) is 0 Å². The van der Waals surface area contributed by atoms with Crippen LogP contribution in [0.2, 0.25) is 5.02 Å². The third-order valence-corrected chi connectivity index (χ3v) is 3.19. The van der Waals surface area contributed by atoms with Gasteiger partial charge in [0, 0.05) is 31.3 Å². The Morgan fingerprint density at radius 3 is 2.24 bits per heavy atom. The molecule has 0 heterocycles. The first-order valence-electron chi connectivity index (χ1n) is 7.03. The van der Waals surface area contributed by atoms with Crippen molar-refractivity contribution in [2.45, 2.75) is 13.8 Å². The molecule has 21 heavy (non-hydrogen) atoms. The predicted molar refractivity (Wildman–Crippen MR) is 83.6 cm³/mol. The SMILES string of the molecule is CCOCCN(CCOCC)c1cc(Cl)ccc1C(=O)O. The third kappa shape index (κ3) is 5.91. The van der Waals surface area contributed by atoms with Gasteiger partial charge >= 0.3 is 5.97 Å². The minimum atomic E-state index is -0.973. The van der Waals surface area contributed by atoms with Crippen LogP contribution < -0.4 is 4.90 Å². The van der Waals surface area contributed by atoms with Gasteiger partial charge in [-0.15, -0.1) is 0 Å². The number of hydrogen-bond donors (Lipinski definition) is 1. The van der Waals surface area contributed by atoms with Gasteiger partial charge in [0.1, 0.15) is 0 Å². The normalized spacial score (nSPS) is 10.6. The summed E-state index contributed by atoms with van der Waals surface area (Å²) in [6.45, 7) is 7.31. The molecule has 0 spiro atoms. The number of carbonyl (C=O) groups is 1. The molecule has 0 atom stereocenters. The lowest BCUT2D eigenvalue weighted by Crippen LogP contribution is -2.32. The van der Waals surface area contributed by atoms with E-state index in [2.05, 4.69) is 0 Å². The Labute approximate surface area is 130 Å². The van der Waals surface area contributed by atoms with Crippen LogP contribution in [-0.4, -0.2) is 50.6 Å². The Morgan fingerprint density at radius 1 is 1.19 bits per heavy atom. The zero-order valence-electron chi connectivity index (χ0n) is 12.5. The van der Waals surface area contributed by atoms with Gasteiger partial charge in [-0.25, -0.2) is 4.79 Å². The molecule has 118 valence electrons. The fourth-order valence-corrected chi connectivity index (χ4v) is 2.10. The van der Waals surface area contributed by atoms with E-state index < -0.39 is 5.97 Å². The van der Waals surface area contributed by atoms with E-state index in [1.807, 2.05) is 18.7 Å². The maximum absolute atomic E-state index is 11.4. The van der Waals surface area contributed by atoms with Crippen LogP contribution in [0.4, 0.5) is 5.69 Å². The van der Waals surface area contributed by atoms with Crippen molar-refractivity contribution >= 4 is 23.3 Å². The van der Waals surface area contributed by atoms with Gasteiger partial charge in [0.25, 0.3) is 0 Å². The summed E-state index contributed by atoms with van der Waals surface area (Å²) in [5.74, 6) is -0.973. The summed E-state index contributed by atoms with van der Waals surface area (Å²) in [6.07, 6.45) is 0. The zero-order chi connectivity index (χ0) is 15.7. The van der Waals surface area contributed by atoms with Crippen molar-refractivity contribution in [3.63, 3.8) is 0 Å². The second kappa shape index (κ2) is 9.60. The van der Waals surface area contributed by atoms with Crippen LogP contribution in [0, 0.1) is 0 Å². The number of rotatable bonds is 10. The van der Waals surface area contributed by atoms with Crippen LogP contribution in [0.1, 0.15) is 24.2 Å². The average Bonchev–Trinajstić information content (AvgIpc) is 2.45. The second-order valence-electron chi connectivity index (χ2n) is 4.35. The molecule has 0 aliphatic carbocycles. The van der Waals surface area contributed by atoms with Crippen LogP contribution in [-0.2, 0) is 9.47 Å². The molecule has 1 N–H and O–H groups in total. The van der Waals surface area contributed by atoms with Gasteiger partial charge in [0.05, 0.1) is 24.5 Å². The molecule has 0 bridgehead atoms. The second-order valence-corrected chi connectivity index (χ2v) is 4.78. The Balaban J connectivity index is 2.93. The van der Waals surface area contributed by atoms with Gasteiger partial charge < -0.3 is 19.5 Å². The van der Waals surface area contributed by atoms with Crippen LogP contribution in [0.25, 0.3) is 0 Å². The molecule has 0 aromatic heterocycles. The first-order valence-corrected chi connectivity index (χ1v) is 7.41. The van der Waals surface area contributed by atoms with E-state index in [0.29, 0.717) is 50.2 Å². The summed E-state index contributed by atoms with van der Waals surface area (Å²) in [4.78, 5) is 13.3. The number of carboxylic acids is 1. The molecule has 0 amide bonds. The molecule has 1 aromatic rings. The van der Waals surface area contributed by atoms with Crippen LogP contribution in [0.15, 0.2) is 18.2 Å². The Morgan fingerprint density at radius 2 is 1.76 bits per heavy atom. The standard InChI is InChI=1S/C15H22ClNO4/c1-3-20-9-7-17(8-10-21-4-2)14-11-12(16)5-6-13(14)15(18)19/h5-6,11H,3-4,7-10H2,1-2H3,(H,18,19). The highest BCUT2D eigenvalue weighted by Crippen LogP contribution is 2.25. The van der Waals surface area contributed by atoms with E-state index in [4.69, 9.17) is 21.1 Å². The monoisotopic (exact) mass is 315 g/mol. The molecular formula is C15H22ClNO4. The lowest BCUT2D eigenvalue weighted by Gasteiger charge is -2.26. The summed E-state index contributed by atoms with van der Waals surface area (Å²) < 4.78 is 10.7. The van der Waals surface area contributed by atoms with Gasteiger partial charge in [-0.2, -0.15) is 0 Å². The molecule has 0 radical (unpaired) electrons. The summed E-state index contributed by atoms with van der Waals surface area (Å²) in [6, 6.07) is 4.77. The predicted octanol–water partition coefficient (Wildman–Crippen LogP) is 2.92. The summed E-state index contributed by atoms with van der Waals surface area (Å²) in [5.41, 5.74) is 0.821. The highest BCUT2D eigenvalue weighted by molar-refractivity contribution is 6.31. The van der Waals surface area contributed by atoms with E-state index >= 15 is 0 Å². The fraction of sp³-hybridized carbons (Fsp3) is 0.533. The van der Waals surface area contributed by atoms with E-state index in [0.717, 1.165) is 0 Å². The highest BCUT2D eigenvalue weighted by Gasteiger charge is 2.16. The maximum Gasteiger partial charge on any atom is 0.337 e. The Hall–Kier alpha value is -1.30. The summed E-state index contributed by atoms with van der Waals surface area (Å²) in [5, 5.41) is 9.82. The molecule has 0 fully saturated rings. The summed E-state index contributed by atoms with van der Waals surface area (Å²) in [7, 11) is 0. The fourth-order valence-electron chi connectivity index (χ4n) is 1.94. The highest BCUT2D eigenvalue weighted by atomic mass is 35.5. The van der Waals surface area contributed by atoms with Crippen molar-refractivity contribution in [2.24, 2.45) is 0 Å². The average molecular weight is 316 g/mol. The molecule has 0 aliphatic rings. The van der Waals surface area contributed by atoms with Crippen molar-refractivity contribution < 1.29 is 19.4 Å². The van der Waals surface area contributed by atoms with E-state index in [1.54, 1.807) is 12.1 Å². The van der Waals surface area contributed by atoms with Crippen LogP contribution >= 0.6 is 11.6 Å². The molecule has 1 aromatic carbocycles. The lowest BCUT2D eigenvalue weighted by atomic mass is 10.1. The van der Waals surface area contributed by atoms with Gasteiger partial charge in [0.2, 0.25) is 0 Å². The van der Waals surface area contributed by atoms with E-state index in [9.17, 15) is 9.90 Å². The first-order chi connectivity index (χ1) is 10.1. The van der Waals surface area contributed by atoms with Gasteiger partial charge in [-0.1, -0.05) is 11.6 Å². The van der Waals surface area contributed by atoms with Crippen molar-refractivity contribution in [2.75, 3.05) is 44.4 Å².